The number of anilines is 1. The lowest BCUT2D eigenvalue weighted by atomic mass is 9.65. The minimum Gasteiger partial charge on any atom is -0.497 e. The molecule has 1 amide bonds. The van der Waals surface area contributed by atoms with Gasteiger partial charge in [0.25, 0.3) is 0 Å². The van der Waals surface area contributed by atoms with Gasteiger partial charge in [-0.25, -0.2) is 0 Å². The van der Waals surface area contributed by atoms with E-state index < -0.39 is 5.41 Å². The average molecular weight is 352 g/mol. The number of likely N-dealkylation sites (tertiary alicyclic amines) is 1. The maximum atomic E-state index is 13.0. The molecular weight excluding hydrogens is 328 g/mol. The number of rotatable bonds is 6. The van der Waals surface area contributed by atoms with Crippen LogP contribution in [0, 0.1) is 0 Å². The molecule has 0 saturated carbocycles. The number of nitrogens with zero attached hydrogens (tertiary/aromatic N) is 1. The van der Waals surface area contributed by atoms with Gasteiger partial charge in [0.15, 0.2) is 0 Å². The van der Waals surface area contributed by atoms with Gasteiger partial charge in [0.2, 0.25) is 5.91 Å². The molecule has 2 aromatic rings. The van der Waals surface area contributed by atoms with Gasteiger partial charge >= 0.3 is 0 Å². The van der Waals surface area contributed by atoms with Crippen LogP contribution in [0.5, 0.6) is 5.75 Å². The number of hydrogen-bond donors (Lipinski definition) is 1. The lowest BCUT2D eigenvalue weighted by Crippen LogP contribution is -2.71. The van der Waals surface area contributed by atoms with Gasteiger partial charge in [-0.05, 0) is 35.7 Å². The maximum absolute atomic E-state index is 13.0. The van der Waals surface area contributed by atoms with E-state index in [0.29, 0.717) is 6.61 Å². The summed E-state index contributed by atoms with van der Waals surface area (Å²) < 4.78 is 10.5. The van der Waals surface area contributed by atoms with Crippen molar-refractivity contribution in [3.63, 3.8) is 0 Å². The van der Waals surface area contributed by atoms with Crippen LogP contribution in [0.4, 0.5) is 5.69 Å². The molecular formula is C21H24N2O3. The van der Waals surface area contributed by atoms with Crippen LogP contribution in [0.15, 0.2) is 48.5 Å². The van der Waals surface area contributed by atoms with Crippen LogP contribution in [0.2, 0.25) is 0 Å². The van der Waals surface area contributed by atoms with E-state index >= 15 is 0 Å². The van der Waals surface area contributed by atoms with Gasteiger partial charge in [0.1, 0.15) is 11.2 Å². The van der Waals surface area contributed by atoms with E-state index in [2.05, 4.69) is 28.4 Å². The monoisotopic (exact) mass is 352 g/mol. The molecule has 2 atom stereocenters. The van der Waals surface area contributed by atoms with Gasteiger partial charge in [-0.1, -0.05) is 30.3 Å². The second-order valence-electron chi connectivity index (χ2n) is 7.00. The standard InChI is InChI=1S/C21H24N2O3/c1-25-12-11-23-14-21(17-5-3-4-6-18(17)22-20(21)24)19(23)13-15-7-9-16(26-2)10-8-15/h3-10,19H,11-14H2,1-2H3,(H,22,24). The molecule has 5 heteroatoms. The van der Waals surface area contributed by atoms with Crippen molar-refractivity contribution in [2.24, 2.45) is 0 Å². The topological polar surface area (TPSA) is 50.8 Å². The third-order valence-electron chi connectivity index (χ3n) is 5.69. The van der Waals surface area contributed by atoms with Crippen LogP contribution in [-0.2, 0) is 21.4 Å². The van der Waals surface area contributed by atoms with Gasteiger partial charge in [-0.2, -0.15) is 0 Å². The normalized spacial score (nSPS) is 24.2. The van der Waals surface area contributed by atoms with Crippen molar-refractivity contribution in [2.75, 3.05) is 39.2 Å². The van der Waals surface area contributed by atoms with Gasteiger partial charge in [0.05, 0.1) is 13.7 Å². The molecule has 136 valence electrons. The summed E-state index contributed by atoms with van der Waals surface area (Å²) in [5.74, 6) is 0.961. The number of benzene rings is 2. The van der Waals surface area contributed by atoms with Crippen LogP contribution in [-0.4, -0.2) is 50.8 Å². The number of fused-ring (bicyclic) bond motifs is 2. The zero-order valence-corrected chi connectivity index (χ0v) is 15.2. The SMILES string of the molecule is COCCN1CC2(C(=O)Nc3ccccc32)C1Cc1ccc(OC)cc1. The highest BCUT2D eigenvalue weighted by atomic mass is 16.5. The van der Waals surface area contributed by atoms with Gasteiger partial charge < -0.3 is 14.8 Å². The summed E-state index contributed by atoms with van der Waals surface area (Å²) in [7, 11) is 3.38. The summed E-state index contributed by atoms with van der Waals surface area (Å²) in [6, 6.07) is 16.3. The van der Waals surface area contributed by atoms with Crippen LogP contribution in [0.25, 0.3) is 0 Å². The predicted molar refractivity (Wildman–Crippen MR) is 101 cm³/mol. The molecule has 26 heavy (non-hydrogen) atoms. The number of ether oxygens (including phenoxy) is 2. The Labute approximate surface area is 153 Å². The second kappa shape index (κ2) is 6.74. The number of carbonyl (C=O) groups is 1. The Morgan fingerprint density at radius 3 is 2.65 bits per heavy atom. The number of nitrogens with one attached hydrogen (secondary N) is 1. The largest absolute Gasteiger partial charge is 0.497 e. The molecule has 2 aromatic carbocycles. The van der Waals surface area contributed by atoms with Crippen molar-refractivity contribution < 1.29 is 14.3 Å². The average Bonchev–Trinajstić information content (AvgIpc) is 2.97. The van der Waals surface area contributed by atoms with Crippen molar-refractivity contribution in [1.82, 2.24) is 4.90 Å². The molecule has 0 aliphatic carbocycles. The lowest BCUT2D eigenvalue weighted by molar-refractivity contribution is -0.133. The fourth-order valence-electron chi connectivity index (χ4n) is 4.29. The van der Waals surface area contributed by atoms with Crippen molar-refractivity contribution in [3.05, 3.63) is 59.7 Å². The molecule has 1 saturated heterocycles. The Bertz CT molecular complexity index is 805. The van der Waals surface area contributed by atoms with Gasteiger partial charge in [-0.3, -0.25) is 9.69 Å². The highest BCUT2D eigenvalue weighted by Gasteiger charge is 2.61. The fraction of sp³-hybridized carbons (Fsp3) is 0.381. The molecule has 4 rings (SSSR count). The van der Waals surface area contributed by atoms with E-state index in [1.54, 1.807) is 14.2 Å². The van der Waals surface area contributed by atoms with Crippen LogP contribution in [0.1, 0.15) is 11.1 Å². The number of amides is 1. The number of hydrogen-bond acceptors (Lipinski definition) is 4. The first-order chi connectivity index (χ1) is 12.7. The van der Waals surface area contributed by atoms with E-state index in [-0.39, 0.29) is 11.9 Å². The molecule has 1 spiro atoms. The number of methoxy groups -OCH3 is 2. The maximum Gasteiger partial charge on any atom is 0.238 e. The second-order valence-corrected chi connectivity index (χ2v) is 7.00. The molecule has 2 unspecified atom stereocenters. The highest BCUT2D eigenvalue weighted by Crippen LogP contribution is 2.49. The zero-order valence-electron chi connectivity index (χ0n) is 15.2. The quantitative estimate of drug-likeness (QED) is 0.868. The molecule has 0 bridgehead atoms. The molecule has 2 heterocycles. The Kier molecular flexibility index (Phi) is 4.42. The summed E-state index contributed by atoms with van der Waals surface area (Å²) in [6.45, 7) is 2.23. The zero-order chi connectivity index (χ0) is 18.1. The minimum atomic E-state index is -0.468. The molecule has 5 nitrogen and oxygen atoms in total. The molecule has 2 aliphatic rings. The van der Waals surface area contributed by atoms with E-state index in [9.17, 15) is 4.79 Å². The number of carbonyl (C=O) groups excluding carboxylic acids is 1. The van der Waals surface area contributed by atoms with Crippen LogP contribution in [0.3, 0.4) is 0 Å². The summed E-state index contributed by atoms with van der Waals surface area (Å²) >= 11 is 0. The van der Waals surface area contributed by atoms with Gasteiger partial charge in [-0.15, -0.1) is 0 Å². The summed E-state index contributed by atoms with van der Waals surface area (Å²) in [5, 5.41) is 3.08. The third-order valence-corrected chi connectivity index (χ3v) is 5.69. The van der Waals surface area contributed by atoms with Crippen LogP contribution >= 0.6 is 0 Å². The van der Waals surface area contributed by atoms with E-state index in [1.165, 1.54) is 5.56 Å². The smallest absolute Gasteiger partial charge is 0.238 e. The molecule has 1 fully saturated rings. The Hall–Kier alpha value is -2.37. The van der Waals surface area contributed by atoms with Crippen LogP contribution < -0.4 is 10.1 Å². The first-order valence-electron chi connectivity index (χ1n) is 8.96. The highest BCUT2D eigenvalue weighted by molar-refractivity contribution is 6.08. The lowest BCUT2D eigenvalue weighted by Gasteiger charge is -2.54. The van der Waals surface area contributed by atoms with Crippen molar-refractivity contribution in [1.29, 1.82) is 0 Å². The Balaban J connectivity index is 1.65. The Morgan fingerprint density at radius 2 is 1.92 bits per heavy atom. The first-order valence-corrected chi connectivity index (χ1v) is 8.96. The van der Waals surface area contributed by atoms with Crippen molar-refractivity contribution in [3.8, 4) is 5.75 Å². The minimum absolute atomic E-state index is 0.117. The van der Waals surface area contributed by atoms with E-state index in [0.717, 1.165) is 36.5 Å². The van der Waals surface area contributed by atoms with E-state index in [4.69, 9.17) is 9.47 Å². The molecule has 2 aliphatic heterocycles. The summed E-state index contributed by atoms with van der Waals surface area (Å²) in [6.07, 6.45) is 0.815. The van der Waals surface area contributed by atoms with Crippen molar-refractivity contribution in [2.45, 2.75) is 17.9 Å². The van der Waals surface area contributed by atoms with Crippen molar-refractivity contribution >= 4 is 11.6 Å². The number of para-hydroxylation sites is 1. The summed E-state index contributed by atoms with van der Waals surface area (Å²) in [5.41, 5.74) is 2.81. The fourth-order valence-corrected chi connectivity index (χ4v) is 4.29. The molecule has 1 N–H and O–H groups in total. The first kappa shape index (κ1) is 17.1. The van der Waals surface area contributed by atoms with E-state index in [1.807, 2.05) is 30.3 Å². The van der Waals surface area contributed by atoms with Gasteiger partial charge in [0, 0.05) is 31.9 Å². The molecule has 0 aromatic heterocycles. The Morgan fingerprint density at radius 1 is 1.15 bits per heavy atom. The third kappa shape index (κ3) is 2.59. The predicted octanol–water partition coefficient (Wildman–Crippen LogP) is 2.46. The molecule has 0 radical (unpaired) electrons. The summed E-state index contributed by atoms with van der Waals surface area (Å²) in [4.78, 5) is 15.3.